The molecule has 0 saturated carbocycles. The number of piperidine rings is 1. The minimum absolute atomic E-state index is 0.403. The SMILES string of the molecule is C[C@@H](N)C1CC2CCC(C1)N2. The molecule has 3 N–H and O–H groups in total. The third-order valence-corrected chi connectivity index (χ3v) is 3.25. The lowest BCUT2D eigenvalue weighted by molar-refractivity contribution is 0.269. The monoisotopic (exact) mass is 154 g/mol. The van der Waals surface area contributed by atoms with Crippen LogP contribution in [0.3, 0.4) is 0 Å². The lowest BCUT2D eigenvalue weighted by atomic mass is 9.87. The zero-order valence-corrected chi connectivity index (χ0v) is 7.22. The third kappa shape index (κ3) is 1.42. The molecule has 64 valence electrons. The summed E-state index contributed by atoms with van der Waals surface area (Å²) in [7, 11) is 0. The zero-order valence-electron chi connectivity index (χ0n) is 7.22. The van der Waals surface area contributed by atoms with E-state index in [1.807, 2.05) is 0 Å². The second-order valence-electron chi connectivity index (χ2n) is 4.23. The average molecular weight is 154 g/mol. The Hall–Kier alpha value is -0.0800. The molecule has 0 aromatic carbocycles. The molecular formula is C9H18N2. The van der Waals surface area contributed by atoms with Crippen molar-refractivity contribution in [3.8, 4) is 0 Å². The second kappa shape index (κ2) is 2.76. The summed E-state index contributed by atoms with van der Waals surface area (Å²) in [6.07, 6.45) is 5.39. The quantitative estimate of drug-likeness (QED) is 0.588. The number of hydrogen-bond donors (Lipinski definition) is 2. The van der Waals surface area contributed by atoms with E-state index in [2.05, 4.69) is 12.2 Å². The van der Waals surface area contributed by atoms with E-state index in [0.717, 1.165) is 18.0 Å². The molecule has 0 amide bonds. The first-order chi connectivity index (χ1) is 5.25. The molecule has 0 aromatic rings. The molecule has 0 aliphatic carbocycles. The van der Waals surface area contributed by atoms with E-state index in [0.29, 0.717) is 6.04 Å². The van der Waals surface area contributed by atoms with Gasteiger partial charge in [-0.2, -0.15) is 0 Å². The first kappa shape index (κ1) is 7.56. The van der Waals surface area contributed by atoms with Gasteiger partial charge < -0.3 is 11.1 Å². The normalized spacial score (nSPS) is 45.8. The molecule has 0 spiro atoms. The van der Waals surface area contributed by atoms with Crippen molar-refractivity contribution < 1.29 is 0 Å². The summed E-state index contributed by atoms with van der Waals surface area (Å²) < 4.78 is 0. The Morgan fingerprint density at radius 3 is 2.27 bits per heavy atom. The Morgan fingerprint density at radius 2 is 1.82 bits per heavy atom. The summed E-state index contributed by atoms with van der Waals surface area (Å²) in [6, 6.07) is 2.00. The summed E-state index contributed by atoms with van der Waals surface area (Å²) >= 11 is 0. The van der Waals surface area contributed by atoms with Crippen molar-refractivity contribution in [1.29, 1.82) is 0 Å². The molecule has 0 aromatic heterocycles. The van der Waals surface area contributed by atoms with Crippen molar-refractivity contribution in [2.75, 3.05) is 0 Å². The first-order valence-electron chi connectivity index (χ1n) is 4.77. The zero-order chi connectivity index (χ0) is 7.84. The van der Waals surface area contributed by atoms with Gasteiger partial charge in [-0.3, -0.25) is 0 Å². The fourth-order valence-corrected chi connectivity index (χ4v) is 2.53. The number of hydrogen-bond acceptors (Lipinski definition) is 2. The van der Waals surface area contributed by atoms with E-state index >= 15 is 0 Å². The Labute approximate surface area is 68.5 Å². The number of fused-ring (bicyclic) bond motifs is 2. The summed E-state index contributed by atoms with van der Waals surface area (Å²) in [5.74, 6) is 0.786. The molecule has 2 heterocycles. The molecule has 2 unspecified atom stereocenters. The van der Waals surface area contributed by atoms with E-state index in [9.17, 15) is 0 Å². The van der Waals surface area contributed by atoms with E-state index in [1.165, 1.54) is 25.7 Å². The van der Waals surface area contributed by atoms with Crippen LogP contribution in [0.4, 0.5) is 0 Å². The summed E-state index contributed by atoms with van der Waals surface area (Å²) in [6.45, 7) is 2.15. The van der Waals surface area contributed by atoms with Crippen molar-refractivity contribution >= 4 is 0 Å². The largest absolute Gasteiger partial charge is 0.328 e. The maximum atomic E-state index is 5.89. The van der Waals surface area contributed by atoms with Crippen molar-refractivity contribution in [3.63, 3.8) is 0 Å². The molecule has 11 heavy (non-hydrogen) atoms. The van der Waals surface area contributed by atoms with Crippen LogP contribution in [-0.2, 0) is 0 Å². The van der Waals surface area contributed by atoms with Crippen LogP contribution >= 0.6 is 0 Å². The number of nitrogens with one attached hydrogen (secondary N) is 1. The molecular weight excluding hydrogens is 136 g/mol. The first-order valence-corrected chi connectivity index (χ1v) is 4.77. The Bertz CT molecular complexity index is 132. The van der Waals surface area contributed by atoms with Gasteiger partial charge in [0.15, 0.2) is 0 Å². The van der Waals surface area contributed by atoms with E-state index in [1.54, 1.807) is 0 Å². The summed E-state index contributed by atoms with van der Waals surface area (Å²) in [5, 5.41) is 3.62. The van der Waals surface area contributed by atoms with E-state index in [-0.39, 0.29) is 0 Å². The smallest absolute Gasteiger partial charge is 0.00734 e. The van der Waals surface area contributed by atoms with Gasteiger partial charge in [-0.1, -0.05) is 0 Å². The highest BCUT2D eigenvalue weighted by molar-refractivity contribution is 4.93. The highest BCUT2D eigenvalue weighted by Crippen LogP contribution is 2.31. The fraction of sp³-hybridized carbons (Fsp3) is 1.00. The van der Waals surface area contributed by atoms with Crippen LogP contribution in [0.2, 0.25) is 0 Å². The van der Waals surface area contributed by atoms with E-state index < -0.39 is 0 Å². The van der Waals surface area contributed by atoms with Crippen LogP contribution in [0.1, 0.15) is 32.6 Å². The van der Waals surface area contributed by atoms with Gasteiger partial charge >= 0.3 is 0 Å². The molecule has 2 saturated heterocycles. The van der Waals surface area contributed by atoms with Gasteiger partial charge in [-0.15, -0.1) is 0 Å². The van der Waals surface area contributed by atoms with Gasteiger partial charge in [-0.25, -0.2) is 0 Å². The van der Waals surface area contributed by atoms with Crippen LogP contribution in [-0.4, -0.2) is 18.1 Å². The number of nitrogens with two attached hydrogens (primary N) is 1. The van der Waals surface area contributed by atoms with E-state index in [4.69, 9.17) is 5.73 Å². The van der Waals surface area contributed by atoms with Gasteiger partial charge in [0.2, 0.25) is 0 Å². The Kier molecular flexibility index (Phi) is 1.90. The average Bonchev–Trinajstić information content (AvgIpc) is 2.30. The molecule has 2 aliphatic rings. The van der Waals surface area contributed by atoms with Crippen molar-refractivity contribution in [2.45, 2.75) is 50.7 Å². The topological polar surface area (TPSA) is 38.0 Å². The maximum absolute atomic E-state index is 5.89. The summed E-state index contributed by atoms with van der Waals surface area (Å²) in [4.78, 5) is 0. The third-order valence-electron chi connectivity index (χ3n) is 3.25. The molecule has 2 bridgehead atoms. The van der Waals surface area contributed by atoms with Crippen LogP contribution < -0.4 is 11.1 Å². The maximum Gasteiger partial charge on any atom is 0.00734 e. The van der Waals surface area contributed by atoms with Crippen molar-refractivity contribution in [1.82, 2.24) is 5.32 Å². The molecule has 2 heteroatoms. The molecule has 3 atom stereocenters. The van der Waals surface area contributed by atoms with Crippen LogP contribution in [0.5, 0.6) is 0 Å². The lowest BCUT2D eigenvalue weighted by Gasteiger charge is -2.31. The molecule has 2 fully saturated rings. The van der Waals surface area contributed by atoms with Gasteiger partial charge in [0.25, 0.3) is 0 Å². The van der Waals surface area contributed by atoms with Crippen molar-refractivity contribution in [3.05, 3.63) is 0 Å². The Balaban J connectivity index is 1.97. The Morgan fingerprint density at radius 1 is 1.27 bits per heavy atom. The minimum atomic E-state index is 0.403. The van der Waals surface area contributed by atoms with Crippen LogP contribution in [0, 0.1) is 5.92 Å². The standard InChI is InChI=1S/C9H18N2/c1-6(10)7-4-8-2-3-9(5-7)11-8/h6-9,11H,2-5,10H2,1H3/t6-,7?,8?,9?/m1/s1. The van der Waals surface area contributed by atoms with Crippen LogP contribution in [0.15, 0.2) is 0 Å². The molecule has 2 nitrogen and oxygen atoms in total. The number of rotatable bonds is 1. The second-order valence-corrected chi connectivity index (χ2v) is 4.23. The molecule has 2 aliphatic heterocycles. The fourth-order valence-electron chi connectivity index (χ4n) is 2.53. The highest BCUT2D eigenvalue weighted by Gasteiger charge is 2.34. The molecule has 2 rings (SSSR count). The van der Waals surface area contributed by atoms with Gasteiger partial charge in [-0.05, 0) is 38.5 Å². The lowest BCUT2D eigenvalue weighted by Crippen LogP contribution is -2.43. The van der Waals surface area contributed by atoms with Crippen molar-refractivity contribution in [2.24, 2.45) is 11.7 Å². The van der Waals surface area contributed by atoms with Gasteiger partial charge in [0.05, 0.1) is 0 Å². The van der Waals surface area contributed by atoms with Crippen LogP contribution in [0.25, 0.3) is 0 Å². The predicted molar refractivity (Wildman–Crippen MR) is 46.3 cm³/mol. The van der Waals surface area contributed by atoms with Gasteiger partial charge in [0.1, 0.15) is 0 Å². The molecule has 0 radical (unpaired) electrons. The summed E-state index contributed by atoms with van der Waals surface area (Å²) in [5.41, 5.74) is 5.89. The highest BCUT2D eigenvalue weighted by atomic mass is 15.0. The predicted octanol–water partition coefficient (Wildman–Crippen LogP) is 0.864. The minimum Gasteiger partial charge on any atom is -0.328 e. The van der Waals surface area contributed by atoms with Gasteiger partial charge in [0, 0.05) is 18.1 Å².